The number of hydrogen-bond acceptors (Lipinski definition) is 3. The van der Waals surface area contributed by atoms with E-state index in [1.54, 1.807) is 21.3 Å². The zero-order valence-corrected chi connectivity index (χ0v) is 16.4. The van der Waals surface area contributed by atoms with Gasteiger partial charge in [-0.1, -0.05) is 77.2 Å². The van der Waals surface area contributed by atoms with Crippen LogP contribution in [0.15, 0.2) is 11.8 Å². The van der Waals surface area contributed by atoms with E-state index in [9.17, 15) is 0 Å². The number of allylic oxidation sites excluding steroid dienone is 1. The van der Waals surface area contributed by atoms with Gasteiger partial charge in [0.25, 0.3) is 0 Å². The molecule has 0 amide bonds. The highest BCUT2D eigenvalue weighted by Crippen LogP contribution is 2.13. The summed E-state index contributed by atoms with van der Waals surface area (Å²) in [5, 5.41) is 0. The van der Waals surface area contributed by atoms with Crippen LogP contribution >= 0.6 is 0 Å². The highest BCUT2D eigenvalue weighted by Gasteiger charge is 2.33. The van der Waals surface area contributed by atoms with E-state index in [1.165, 1.54) is 70.6 Å². The Bertz CT molecular complexity index is 244. The predicted octanol–water partition coefficient (Wildman–Crippen LogP) is 5.66. The molecule has 0 aliphatic rings. The summed E-state index contributed by atoms with van der Waals surface area (Å²) in [5.74, 6) is 0. The van der Waals surface area contributed by atoms with E-state index in [0.717, 1.165) is 6.42 Å². The zero-order valence-electron chi connectivity index (χ0n) is 15.4. The monoisotopic (exact) mass is 330 g/mol. The van der Waals surface area contributed by atoms with Crippen LogP contribution in [0, 0.1) is 0 Å². The SMILES string of the molecule is CCCCCCCCCCCCCC=C[Si](OC)(OC)OC. The molecule has 0 aromatic rings. The number of rotatable bonds is 16. The van der Waals surface area contributed by atoms with E-state index in [1.807, 2.05) is 5.70 Å². The molecule has 0 radical (unpaired) electrons. The largest absolute Gasteiger partial charge is 0.528 e. The van der Waals surface area contributed by atoms with E-state index in [-0.39, 0.29) is 0 Å². The summed E-state index contributed by atoms with van der Waals surface area (Å²) in [6, 6.07) is 0. The lowest BCUT2D eigenvalue weighted by Gasteiger charge is -2.20. The molecule has 4 heteroatoms. The summed E-state index contributed by atoms with van der Waals surface area (Å²) in [7, 11) is 2.44. The fraction of sp³-hybridized carbons (Fsp3) is 0.889. The first kappa shape index (κ1) is 21.8. The first-order valence-corrected chi connectivity index (χ1v) is 10.9. The lowest BCUT2D eigenvalue weighted by atomic mass is 10.1. The molecule has 0 N–H and O–H groups in total. The molecule has 0 aliphatic carbocycles. The summed E-state index contributed by atoms with van der Waals surface area (Å²) in [6.07, 6.45) is 18.4. The van der Waals surface area contributed by atoms with E-state index in [0.29, 0.717) is 0 Å². The predicted molar refractivity (Wildman–Crippen MR) is 97.0 cm³/mol. The Balaban J connectivity index is 3.39. The molecule has 0 aromatic carbocycles. The Kier molecular flexibility index (Phi) is 15.6. The van der Waals surface area contributed by atoms with Gasteiger partial charge in [0.15, 0.2) is 0 Å². The first-order valence-electron chi connectivity index (χ1n) is 9.07. The molecule has 0 fully saturated rings. The standard InChI is InChI=1S/C18H38O3Si/c1-5-6-7-8-9-10-11-12-13-14-15-16-17-18-22(19-2,20-3)21-4/h17-18H,5-16H2,1-4H3. The minimum absolute atomic E-state index is 1.09. The maximum Gasteiger partial charge on any atom is 0.528 e. The van der Waals surface area contributed by atoms with Gasteiger partial charge in [0, 0.05) is 21.3 Å². The van der Waals surface area contributed by atoms with Gasteiger partial charge in [0.1, 0.15) is 0 Å². The van der Waals surface area contributed by atoms with Crippen molar-refractivity contribution >= 4 is 8.80 Å². The van der Waals surface area contributed by atoms with Crippen molar-refractivity contribution in [1.29, 1.82) is 0 Å². The van der Waals surface area contributed by atoms with Crippen molar-refractivity contribution in [1.82, 2.24) is 0 Å². The molecular formula is C18H38O3Si. The summed E-state index contributed by atoms with van der Waals surface area (Å²) in [5.41, 5.74) is 1.99. The number of unbranched alkanes of at least 4 members (excludes halogenated alkanes) is 11. The summed E-state index contributed by atoms with van der Waals surface area (Å²) in [6.45, 7) is 2.27. The lowest BCUT2D eigenvalue weighted by molar-refractivity contribution is 0.138. The Labute approximate surface area is 139 Å². The average molecular weight is 331 g/mol. The molecule has 0 heterocycles. The first-order chi connectivity index (χ1) is 10.7. The third kappa shape index (κ3) is 11.4. The molecule has 0 unspecified atom stereocenters. The average Bonchev–Trinajstić information content (AvgIpc) is 2.56. The van der Waals surface area contributed by atoms with Crippen LogP contribution in [-0.4, -0.2) is 30.1 Å². The van der Waals surface area contributed by atoms with Crippen LogP contribution in [0.4, 0.5) is 0 Å². The summed E-state index contributed by atoms with van der Waals surface area (Å²) < 4.78 is 16.1. The molecule has 0 spiro atoms. The highest BCUT2D eigenvalue weighted by atomic mass is 28.4. The van der Waals surface area contributed by atoms with Crippen LogP contribution in [0.5, 0.6) is 0 Å². The van der Waals surface area contributed by atoms with Crippen molar-refractivity contribution in [3.05, 3.63) is 11.8 Å². The second-order valence-corrected chi connectivity index (χ2v) is 8.71. The molecule has 0 saturated heterocycles. The second-order valence-electron chi connectivity index (χ2n) is 5.94. The molecule has 0 atom stereocenters. The van der Waals surface area contributed by atoms with Crippen molar-refractivity contribution in [2.75, 3.05) is 21.3 Å². The normalized spacial score (nSPS) is 12.4. The quantitative estimate of drug-likeness (QED) is 0.270. The van der Waals surface area contributed by atoms with Gasteiger partial charge in [-0.2, -0.15) is 0 Å². The van der Waals surface area contributed by atoms with Gasteiger partial charge in [-0.25, -0.2) is 0 Å². The molecule has 0 bridgehead atoms. The van der Waals surface area contributed by atoms with Crippen molar-refractivity contribution in [3.8, 4) is 0 Å². The smallest absolute Gasteiger partial charge is 0.374 e. The molecule has 0 saturated carbocycles. The van der Waals surface area contributed by atoms with Crippen LogP contribution in [0.3, 0.4) is 0 Å². The van der Waals surface area contributed by atoms with E-state index in [4.69, 9.17) is 13.3 Å². The molecular weight excluding hydrogens is 292 g/mol. The summed E-state index contributed by atoms with van der Waals surface area (Å²) in [4.78, 5) is 0. The maximum atomic E-state index is 5.35. The molecule has 3 nitrogen and oxygen atoms in total. The van der Waals surface area contributed by atoms with Gasteiger partial charge in [-0.3, -0.25) is 0 Å². The molecule has 22 heavy (non-hydrogen) atoms. The van der Waals surface area contributed by atoms with Crippen molar-refractivity contribution < 1.29 is 13.3 Å². The van der Waals surface area contributed by atoms with Gasteiger partial charge in [0.2, 0.25) is 0 Å². The maximum absolute atomic E-state index is 5.35. The fourth-order valence-corrected chi connectivity index (χ4v) is 3.97. The molecule has 132 valence electrons. The zero-order chi connectivity index (χ0) is 16.5. The summed E-state index contributed by atoms with van der Waals surface area (Å²) >= 11 is 0. The van der Waals surface area contributed by atoms with E-state index >= 15 is 0 Å². The van der Waals surface area contributed by atoms with Crippen LogP contribution < -0.4 is 0 Å². The lowest BCUT2D eigenvalue weighted by Crippen LogP contribution is -2.40. The van der Waals surface area contributed by atoms with Gasteiger partial charge in [-0.15, -0.1) is 0 Å². The fourth-order valence-electron chi connectivity index (χ4n) is 2.61. The topological polar surface area (TPSA) is 27.7 Å². The highest BCUT2D eigenvalue weighted by molar-refractivity contribution is 6.66. The Morgan fingerprint density at radius 3 is 1.45 bits per heavy atom. The molecule has 0 aromatic heterocycles. The van der Waals surface area contributed by atoms with Crippen molar-refractivity contribution in [2.24, 2.45) is 0 Å². The Morgan fingerprint density at radius 2 is 1.05 bits per heavy atom. The molecule has 0 rings (SSSR count). The van der Waals surface area contributed by atoms with Crippen LogP contribution in [-0.2, 0) is 13.3 Å². The Morgan fingerprint density at radius 1 is 0.636 bits per heavy atom. The van der Waals surface area contributed by atoms with Gasteiger partial charge in [0.05, 0.1) is 0 Å². The van der Waals surface area contributed by atoms with Crippen molar-refractivity contribution in [3.63, 3.8) is 0 Å². The van der Waals surface area contributed by atoms with Gasteiger partial charge in [-0.05, 0) is 18.5 Å². The second kappa shape index (κ2) is 15.7. The number of hydrogen-bond donors (Lipinski definition) is 0. The van der Waals surface area contributed by atoms with Crippen LogP contribution in [0.1, 0.15) is 84.0 Å². The third-order valence-electron chi connectivity index (χ3n) is 4.15. The minimum Gasteiger partial charge on any atom is -0.374 e. The Hall–Kier alpha value is -0.163. The van der Waals surface area contributed by atoms with Crippen LogP contribution in [0.25, 0.3) is 0 Å². The van der Waals surface area contributed by atoms with E-state index in [2.05, 4.69) is 13.0 Å². The van der Waals surface area contributed by atoms with E-state index < -0.39 is 8.80 Å². The third-order valence-corrected chi connectivity index (χ3v) is 6.50. The van der Waals surface area contributed by atoms with Crippen molar-refractivity contribution in [2.45, 2.75) is 84.0 Å². The minimum atomic E-state index is -2.50. The molecule has 0 aliphatic heterocycles. The van der Waals surface area contributed by atoms with Crippen LogP contribution in [0.2, 0.25) is 0 Å². The van der Waals surface area contributed by atoms with Gasteiger partial charge < -0.3 is 13.3 Å². The van der Waals surface area contributed by atoms with Gasteiger partial charge >= 0.3 is 8.80 Å².